The van der Waals surface area contributed by atoms with E-state index >= 15 is 0 Å². The van der Waals surface area contributed by atoms with Gasteiger partial charge in [-0.2, -0.15) is 0 Å². The molecule has 154 valence electrons. The highest BCUT2D eigenvalue weighted by Crippen LogP contribution is 2.26. The predicted molar refractivity (Wildman–Crippen MR) is 98.8 cm³/mol. The molecule has 0 atom stereocenters. The van der Waals surface area contributed by atoms with Crippen LogP contribution in [0.4, 0.5) is 13.2 Å². The Labute approximate surface area is 163 Å². The van der Waals surface area contributed by atoms with E-state index in [1.165, 1.54) is 33.3 Å². The molecule has 4 rings (SSSR count). The summed E-state index contributed by atoms with van der Waals surface area (Å²) in [7, 11) is 0. The van der Waals surface area contributed by atoms with E-state index in [-0.39, 0.29) is 11.4 Å². The molecule has 0 radical (unpaired) electrons. The maximum Gasteiger partial charge on any atom is 0.573 e. The van der Waals surface area contributed by atoms with Gasteiger partial charge < -0.3 is 9.47 Å². The summed E-state index contributed by atoms with van der Waals surface area (Å²) in [5, 5.41) is 4.35. The Balaban J connectivity index is 1.53. The Morgan fingerprint density at radius 3 is 2.38 bits per heavy atom. The molecule has 0 amide bonds. The lowest BCUT2D eigenvalue weighted by molar-refractivity contribution is -0.274. The molecule has 7 nitrogen and oxygen atoms in total. The van der Waals surface area contributed by atoms with Crippen molar-refractivity contribution in [3.8, 4) is 16.9 Å². The number of benzene rings is 1. The number of morpholine rings is 1. The number of nitrogens with zero attached hydrogens (tertiary/aromatic N) is 4. The number of alkyl halides is 3. The normalized spacial score (nSPS) is 15.7. The number of hydrogen-bond donors (Lipinski definition) is 0. The van der Waals surface area contributed by atoms with E-state index in [2.05, 4.69) is 14.7 Å². The second-order valence-electron chi connectivity index (χ2n) is 6.68. The van der Waals surface area contributed by atoms with Crippen molar-refractivity contribution in [1.29, 1.82) is 0 Å². The van der Waals surface area contributed by atoms with Crippen molar-refractivity contribution in [2.45, 2.75) is 12.9 Å². The smallest absolute Gasteiger partial charge is 0.406 e. The molecule has 3 aromatic rings. The van der Waals surface area contributed by atoms with E-state index in [4.69, 9.17) is 4.74 Å². The van der Waals surface area contributed by atoms with Gasteiger partial charge in [0.1, 0.15) is 5.75 Å². The number of halogens is 3. The molecule has 0 N–H and O–H groups in total. The zero-order valence-electron chi connectivity index (χ0n) is 15.4. The topological polar surface area (TPSA) is 61.0 Å². The van der Waals surface area contributed by atoms with E-state index < -0.39 is 6.36 Å². The number of hydrogen-bond acceptors (Lipinski definition) is 5. The number of pyridine rings is 1. The fourth-order valence-electron chi connectivity index (χ4n) is 3.24. The molecular formula is C19H19F3N4O3. The predicted octanol–water partition coefficient (Wildman–Crippen LogP) is 2.39. The minimum atomic E-state index is -4.73. The van der Waals surface area contributed by atoms with Crippen LogP contribution in [0.5, 0.6) is 5.75 Å². The van der Waals surface area contributed by atoms with Gasteiger partial charge in [-0.3, -0.25) is 4.90 Å². The summed E-state index contributed by atoms with van der Waals surface area (Å²) in [5.74, 6) is -0.296. The summed E-state index contributed by atoms with van der Waals surface area (Å²) in [6.45, 7) is 4.23. The van der Waals surface area contributed by atoms with Crippen LogP contribution in [0.3, 0.4) is 0 Å². The molecule has 0 saturated carbocycles. The first-order valence-electron chi connectivity index (χ1n) is 9.14. The second-order valence-corrected chi connectivity index (χ2v) is 6.68. The van der Waals surface area contributed by atoms with Crippen LogP contribution in [0.25, 0.3) is 16.8 Å². The summed E-state index contributed by atoms with van der Waals surface area (Å²) in [6, 6.07) is 8.98. The highest BCUT2D eigenvalue weighted by Gasteiger charge is 2.31. The lowest BCUT2D eigenvalue weighted by atomic mass is 10.1. The average Bonchev–Trinajstić information content (AvgIpc) is 3.02. The standard InChI is InChI=1S/C19H19F3N4O3/c20-19(21,22)29-16-4-1-14(2-5-16)15-3-6-17-23-26(18(27)25(17)13-15)8-7-24-9-11-28-12-10-24/h1-6,13H,7-12H2. The molecule has 1 aliphatic rings. The molecule has 1 aliphatic heterocycles. The molecular weight excluding hydrogens is 389 g/mol. The monoisotopic (exact) mass is 408 g/mol. The zero-order chi connectivity index (χ0) is 20.4. The van der Waals surface area contributed by atoms with Crippen molar-refractivity contribution in [1.82, 2.24) is 19.1 Å². The zero-order valence-corrected chi connectivity index (χ0v) is 15.4. The van der Waals surface area contributed by atoms with Gasteiger partial charge in [0.15, 0.2) is 5.65 Å². The number of aromatic nitrogens is 3. The van der Waals surface area contributed by atoms with E-state index in [9.17, 15) is 18.0 Å². The second kappa shape index (κ2) is 7.88. The largest absolute Gasteiger partial charge is 0.573 e. The summed E-state index contributed by atoms with van der Waals surface area (Å²) in [5.41, 5.74) is 1.60. The van der Waals surface area contributed by atoms with Crippen LogP contribution in [-0.4, -0.2) is 58.3 Å². The first-order chi connectivity index (χ1) is 13.9. The quantitative estimate of drug-likeness (QED) is 0.649. The molecule has 0 bridgehead atoms. The fraction of sp³-hybridized carbons (Fsp3) is 0.368. The van der Waals surface area contributed by atoms with Crippen LogP contribution in [0.2, 0.25) is 0 Å². The molecule has 1 saturated heterocycles. The van der Waals surface area contributed by atoms with Gasteiger partial charge in [-0.25, -0.2) is 13.9 Å². The Hall–Kier alpha value is -2.85. The SMILES string of the molecule is O=c1n(CCN2CCOCC2)nc2ccc(-c3ccc(OC(F)(F)F)cc3)cn12. The summed E-state index contributed by atoms with van der Waals surface area (Å²) in [6.07, 6.45) is -3.10. The van der Waals surface area contributed by atoms with Crippen LogP contribution in [0, 0.1) is 0 Å². The number of rotatable bonds is 5. The average molecular weight is 408 g/mol. The van der Waals surface area contributed by atoms with Gasteiger partial charge in [-0.05, 0) is 35.4 Å². The molecule has 0 spiro atoms. The first-order valence-corrected chi connectivity index (χ1v) is 9.14. The minimum absolute atomic E-state index is 0.257. The van der Waals surface area contributed by atoms with Gasteiger partial charge in [-0.1, -0.05) is 12.1 Å². The Morgan fingerprint density at radius 1 is 1.00 bits per heavy atom. The summed E-state index contributed by atoms with van der Waals surface area (Å²) < 4.78 is 48.9. The van der Waals surface area contributed by atoms with Crippen LogP contribution in [0.1, 0.15) is 0 Å². The van der Waals surface area contributed by atoms with Gasteiger partial charge in [0, 0.05) is 25.8 Å². The third kappa shape index (κ3) is 4.60. The van der Waals surface area contributed by atoms with Crippen LogP contribution >= 0.6 is 0 Å². The molecule has 0 aliphatic carbocycles. The van der Waals surface area contributed by atoms with Crippen molar-refractivity contribution in [2.75, 3.05) is 32.8 Å². The maximum atomic E-state index is 12.7. The Kier molecular flexibility index (Phi) is 5.29. The van der Waals surface area contributed by atoms with Crippen molar-refractivity contribution < 1.29 is 22.6 Å². The Bertz CT molecular complexity index is 1040. The van der Waals surface area contributed by atoms with Crippen molar-refractivity contribution in [2.24, 2.45) is 0 Å². The molecule has 3 heterocycles. The molecule has 1 fully saturated rings. The molecule has 0 unspecified atom stereocenters. The van der Waals surface area contributed by atoms with Crippen LogP contribution < -0.4 is 10.4 Å². The van der Waals surface area contributed by atoms with Gasteiger partial charge in [0.2, 0.25) is 0 Å². The highest BCUT2D eigenvalue weighted by molar-refractivity contribution is 5.65. The van der Waals surface area contributed by atoms with Crippen LogP contribution in [0.15, 0.2) is 47.4 Å². The van der Waals surface area contributed by atoms with Crippen molar-refractivity contribution in [3.05, 3.63) is 53.1 Å². The fourth-order valence-corrected chi connectivity index (χ4v) is 3.24. The highest BCUT2D eigenvalue weighted by atomic mass is 19.4. The maximum absolute atomic E-state index is 12.7. The Morgan fingerprint density at radius 2 is 1.69 bits per heavy atom. The van der Waals surface area contributed by atoms with E-state index in [1.807, 2.05) is 0 Å². The lowest BCUT2D eigenvalue weighted by Gasteiger charge is -2.26. The lowest BCUT2D eigenvalue weighted by Crippen LogP contribution is -2.39. The summed E-state index contributed by atoms with van der Waals surface area (Å²) in [4.78, 5) is 14.9. The van der Waals surface area contributed by atoms with Crippen molar-refractivity contribution in [3.63, 3.8) is 0 Å². The molecule has 10 heteroatoms. The van der Waals surface area contributed by atoms with E-state index in [0.29, 0.717) is 43.1 Å². The van der Waals surface area contributed by atoms with Gasteiger partial charge in [0.25, 0.3) is 0 Å². The third-order valence-corrected chi connectivity index (χ3v) is 4.73. The molecule has 1 aromatic carbocycles. The van der Waals surface area contributed by atoms with E-state index in [1.54, 1.807) is 18.3 Å². The number of ether oxygens (including phenoxy) is 2. The number of fused-ring (bicyclic) bond motifs is 1. The van der Waals surface area contributed by atoms with Gasteiger partial charge >= 0.3 is 12.1 Å². The van der Waals surface area contributed by atoms with Gasteiger partial charge in [-0.15, -0.1) is 18.3 Å². The van der Waals surface area contributed by atoms with Gasteiger partial charge in [0.05, 0.1) is 19.8 Å². The van der Waals surface area contributed by atoms with E-state index in [0.717, 1.165) is 13.1 Å². The first kappa shape index (κ1) is 19.5. The van der Waals surface area contributed by atoms with Crippen molar-refractivity contribution >= 4 is 5.65 Å². The molecule has 29 heavy (non-hydrogen) atoms. The minimum Gasteiger partial charge on any atom is -0.406 e. The van der Waals surface area contributed by atoms with Crippen LogP contribution in [-0.2, 0) is 11.3 Å². The third-order valence-electron chi connectivity index (χ3n) is 4.73. The molecule has 2 aromatic heterocycles. The summed E-state index contributed by atoms with van der Waals surface area (Å²) >= 11 is 0.